The lowest BCUT2D eigenvalue weighted by Crippen LogP contribution is -2.24. The third kappa shape index (κ3) is 5.40. The van der Waals surface area contributed by atoms with E-state index in [2.05, 4.69) is 10.3 Å². The van der Waals surface area contributed by atoms with Gasteiger partial charge in [-0.1, -0.05) is 35.9 Å². The summed E-state index contributed by atoms with van der Waals surface area (Å²) in [4.78, 5) is 27.0. The van der Waals surface area contributed by atoms with Gasteiger partial charge in [-0.25, -0.2) is 0 Å². The Balaban J connectivity index is 1.63. The number of ether oxygens (including phenoxy) is 1. The lowest BCUT2D eigenvalue weighted by molar-refractivity contribution is -0.121. The smallest absolute Gasteiger partial charge is 0.266 e. The van der Waals surface area contributed by atoms with Gasteiger partial charge in [0.05, 0.1) is 0 Å². The van der Waals surface area contributed by atoms with Crippen LogP contribution in [0.3, 0.4) is 0 Å². The molecule has 6 heteroatoms. The molecule has 0 aliphatic heterocycles. The lowest BCUT2D eigenvalue weighted by Gasteiger charge is -2.13. The van der Waals surface area contributed by atoms with Crippen molar-refractivity contribution in [3.8, 4) is 17.6 Å². The van der Waals surface area contributed by atoms with E-state index in [0.717, 1.165) is 22.4 Å². The molecule has 2 aromatic carbocycles. The minimum absolute atomic E-state index is 0.100. The van der Waals surface area contributed by atoms with Crippen LogP contribution in [-0.4, -0.2) is 10.9 Å². The first-order valence-electron chi connectivity index (χ1n) is 10.1. The van der Waals surface area contributed by atoms with E-state index >= 15 is 0 Å². The lowest BCUT2D eigenvalue weighted by atomic mass is 9.99. The predicted octanol–water partition coefficient (Wildman–Crippen LogP) is 4.21. The molecule has 0 spiro atoms. The van der Waals surface area contributed by atoms with Gasteiger partial charge in [0, 0.05) is 24.2 Å². The molecule has 6 nitrogen and oxygen atoms in total. The van der Waals surface area contributed by atoms with Crippen molar-refractivity contribution in [1.29, 1.82) is 5.26 Å². The van der Waals surface area contributed by atoms with Gasteiger partial charge in [0.2, 0.25) is 5.91 Å². The van der Waals surface area contributed by atoms with Gasteiger partial charge in [-0.3, -0.25) is 9.59 Å². The molecule has 158 valence electrons. The Bertz CT molecular complexity index is 1190. The van der Waals surface area contributed by atoms with Crippen molar-refractivity contribution in [3.05, 3.63) is 92.4 Å². The topological polar surface area (TPSA) is 95.0 Å². The Morgan fingerprint density at radius 1 is 1.10 bits per heavy atom. The van der Waals surface area contributed by atoms with E-state index < -0.39 is 5.56 Å². The highest BCUT2D eigenvalue weighted by Gasteiger charge is 2.14. The molecule has 1 heterocycles. The van der Waals surface area contributed by atoms with Gasteiger partial charge in [0.25, 0.3) is 5.56 Å². The number of benzene rings is 2. The number of aryl methyl sites for hydroxylation is 2. The fourth-order valence-electron chi connectivity index (χ4n) is 3.42. The number of amides is 1. The number of aromatic amines is 1. The Hall–Kier alpha value is -3.85. The maximum Gasteiger partial charge on any atom is 0.266 e. The van der Waals surface area contributed by atoms with Crippen LogP contribution in [0.15, 0.2) is 53.3 Å². The van der Waals surface area contributed by atoms with E-state index in [1.807, 2.05) is 61.5 Å². The molecule has 0 unspecified atom stereocenters. The zero-order chi connectivity index (χ0) is 22.4. The predicted molar refractivity (Wildman–Crippen MR) is 119 cm³/mol. The number of aromatic nitrogens is 1. The first-order chi connectivity index (χ1) is 14.9. The molecule has 31 heavy (non-hydrogen) atoms. The number of rotatable bonds is 7. The van der Waals surface area contributed by atoms with E-state index in [9.17, 15) is 14.9 Å². The fraction of sp³-hybridized carbons (Fsp3) is 0.240. The Morgan fingerprint density at radius 2 is 1.81 bits per heavy atom. The van der Waals surface area contributed by atoms with Gasteiger partial charge in [-0.15, -0.1) is 0 Å². The van der Waals surface area contributed by atoms with Crippen LogP contribution < -0.4 is 15.6 Å². The number of hydrogen-bond donors (Lipinski definition) is 2. The summed E-state index contributed by atoms with van der Waals surface area (Å²) >= 11 is 0. The third-order valence-corrected chi connectivity index (χ3v) is 5.22. The van der Waals surface area contributed by atoms with Gasteiger partial charge in [0.1, 0.15) is 23.1 Å². The maximum atomic E-state index is 12.5. The van der Waals surface area contributed by atoms with Crippen molar-refractivity contribution in [3.63, 3.8) is 0 Å². The van der Waals surface area contributed by atoms with Gasteiger partial charge >= 0.3 is 0 Å². The van der Waals surface area contributed by atoms with Crippen molar-refractivity contribution < 1.29 is 9.53 Å². The second-order valence-electron chi connectivity index (χ2n) is 7.47. The van der Waals surface area contributed by atoms with Crippen LogP contribution >= 0.6 is 0 Å². The zero-order valence-corrected chi connectivity index (χ0v) is 17.9. The van der Waals surface area contributed by atoms with Crippen molar-refractivity contribution in [2.45, 2.75) is 40.2 Å². The normalized spacial score (nSPS) is 10.4. The number of pyridine rings is 1. The molecule has 0 bridgehead atoms. The molecule has 1 aromatic heterocycles. The van der Waals surface area contributed by atoms with E-state index in [1.165, 1.54) is 0 Å². The molecule has 3 aromatic rings. The maximum absolute atomic E-state index is 12.5. The number of nitriles is 1. The summed E-state index contributed by atoms with van der Waals surface area (Å²) in [7, 11) is 0. The molecular formula is C25H25N3O3. The number of carbonyl (C=O) groups is 1. The van der Waals surface area contributed by atoms with E-state index in [4.69, 9.17) is 4.74 Å². The highest BCUT2D eigenvalue weighted by Crippen LogP contribution is 2.25. The van der Waals surface area contributed by atoms with Crippen molar-refractivity contribution >= 4 is 5.91 Å². The third-order valence-electron chi connectivity index (χ3n) is 5.22. The Labute approximate surface area is 181 Å². The minimum atomic E-state index is -0.393. The van der Waals surface area contributed by atoms with Gasteiger partial charge in [-0.05, 0) is 56.5 Å². The molecule has 0 atom stereocenters. The number of hydrogen-bond acceptors (Lipinski definition) is 4. The van der Waals surface area contributed by atoms with Crippen LogP contribution in [0.25, 0.3) is 0 Å². The summed E-state index contributed by atoms with van der Waals surface area (Å²) < 4.78 is 5.98. The van der Waals surface area contributed by atoms with Gasteiger partial charge in [0.15, 0.2) is 0 Å². The number of H-pyrrole nitrogens is 1. The second kappa shape index (κ2) is 9.77. The average Bonchev–Trinajstić information content (AvgIpc) is 2.74. The largest absolute Gasteiger partial charge is 0.457 e. The van der Waals surface area contributed by atoms with Gasteiger partial charge in [-0.2, -0.15) is 5.26 Å². The van der Waals surface area contributed by atoms with Gasteiger partial charge < -0.3 is 15.0 Å². The van der Waals surface area contributed by atoms with Crippen molar-refractivity contribution in [2.75, 3.05) is 0 Å². The van der Waals surface area contributed by atoms with Crippen LogP contribution in [0.1, 0.15) is 39.9 Å². The molecule has 1 amide bonds. The van der Waals surface area contributed by atoms with Crippen LogP contribution in [0, 0.1) is 32.1 Å². The average molecular weight is 415 g/mol. The molecule has 0 saturated carbocycles. The quantitative estimate of drug-likeness (QED) is 0.604. The van der Waals surface area contributed by atoms with Crippen LogP contribution in [0.5, 0.6) is 11.5 Å². The van der Waals surface area contributed by atoms with E-state index in [-0.39, 0.29) is 17.9 Å². The standard InChI is InChI=1S/C25H25N3O3/c1-16-8-10-20(11-9-16)31-23-7-5-4-6-19(23)15-27-24(29)13-12-21-17(2)22(14-26)25(30)28-18(21)3/h4-11H,12-13,15H2,1-3H3,(H,27,29)(H,28,30). The first-order valence-corrected chi connectivity index (χ1v) is 10.1. The number of nitrogens with one attached hydrogen (secondary N) is 2. The summed E-state index contributed by atoms with van der Waals surface area (Å²) in [6.45, 7) is 5.88. The van der Waals surface area contributed by atoms with Crippen molar-refractivity contribution in [2.24, 2.45) is 0 Å². The van der Waals surface area contributed by atoms with Crippen LogP contribution in [0.2, 0.25) is 0 Å². The summed E-state index contributed by atoms with van der Waals surface area (Å²) in [5.41, 5.74) is 3.88. The minimum Gasteiger partial charge on any atom is -0.457 e. The zero-order valence-electron chi connectivity index (χ0n) is 17.9. The molecular weight excluding hydrogens is 390 g/mol. The number of nitrogens with zero attached hydrogens (tertiary/aromatic N) is 1. The summed E-state index contributed by atoms with van der Waals surface area (Å²) in [6, 6.07) is 17.3. The van der Waals surface area contributed by atoms with E-state index in [0.29, 0.717) is 30.0 Å². The number of para-hydroxylation sites is 1. The molecule has 0 radical (unpaired) electrons. The molecule has 0 aliphatic rings. The number of carbonyl (C=O) groups excluding carboxylic acids is 1. The molecule has 2 N–H and O–H groups in total. The monoisotopic (exact) mass is 415 g/mol. The van der Waals surface area contributed by atoms with E-state index in [1.54, 1.807) is 13.8 Å². The molecule has 3 rings (SSSR count). The first kappa shape index (κ1) is 21.8. The summed E-state index contributed by atoms with van der Waals surface area (Å²) in [6.07, 6.45) is 0.691. The highest BCUT2D eigenvalue weighted by atomic mass is 16.5. The summed E-state index contributed by atoms with van der Waals surface area (Å²) in [5.74, 6) is 1.31. The molecule has 0 aliphatic carbocycles. The molecule has 0 saturated heterocycles. The summed E-state index contributed by atoms with van der Waals surface area (Å²) in [5, 5.41) is 12.1. The van der Waals surface area contributed by atoms with Crippen LogP contribution in [0.4, 0.5) is 0 Å². The SMILES string of the molecule is Cc1ccc(Oc2ccccc2CNC(=O)CCc2c(C)[nH]c(=O)c(C#N)c2C)cc1. The molecule has 0 fully saturated rings. The Kier molecular flexibility index (Phi) is 6.88. The highest BCUT2D eigenvalue weighted by molar-refractivity contribution is 5.76. The van der Waals surface area contributed by atoms with Crippen LogP contribution in [-0.2, 0) is 17.8 Å². The second-order valence-corrected chi connectivity index (χ2v) is 7.47. The van der Waals surface area contributed by atoms with Crippen molar-refractivity contribution in [1.82, 2.24) is 10.3 Å². The Morgan fingerprint density at radius 3 is 2.52 bits per heavy atom. The fourth-order valence-corrected chi connectivity index (χ4v) is 3.42.